The molecule has 1 aromatic heterocycles. The van der Waals surface area contributed by atoms with Crippen LogP contribution in [0.1, 0.15) is 40.5 Å². The van der Waals surface area contributed by atoms with E-state index in [2.05, 4.69) is 10.3 Å². The number of carbonyl (C=O) groups is 2. The molecule has 0 radical (unpaired) electrons. The van der Waals surface area contributed by atoms with Gasteiger partial charge in [0.2, 0.25) is 0 Å². The Kier molecular flexibility index (Phi) is 8.20. The second-order valence-electron chi connectivity index (χ2n) is 7.06. The summed E-state index contributed by atoms with van der Waals surface area (Å²) < 4.78 is 5.09. The number of halogens is 1. The third-order valence-electron chi connectivity index (χ3n) is 4.73. The number of ether oxygens (including phenoxy) is 1. The Morgan fingerprint density at radius 2 is 1.90 bits per heavy atom. The monoisotopic (exact) mass is 456 g/mol. The van der Waals surface area contributed by atoms with Gasteiger partial charge in [0.15, 0.2) is 0 Å². The topological polar surface area (TPSA) is 68.3 Å². The van der Waals surface area contributed by atoms with Crippen molar-refractivity contribution < 1.29 is 14.3 Å². The van der Waals surface area contributed by atoms with Crippen LogP contribution in [0.2, 0.25) is 5.02 Å². The number of amides is 1. The van der Waals surface area contributed by atoms with Crippen molar-refractivity contribution in [3.05, 3.63) is 75.2 Å². The van der Waals surface area contributed by atoms with E-state index >= 15 is 0 Å². The molecule has 1 heterocycles. The summed E-state index contributed by atoms with van der Waals surface area (Å²) >= 11 is 7.46. The van der Waals surface area contributed by atoms with Gasteiger partial charge in [0, 0.05) is 11.1 Å². The minimum Gasteiger partial charge on any atom is -0.466 e. The van der Waals surface area contributed by atoms with Crippen LogP contribution < -0.4 is 5.32 Å². The highest BCUT2D eigenvalue weighted by Crippen LogP contribution is 2.23. The fourth-order valence-electron chi connectivity index (χ4n) is 3.22. The summed E-state index contributed by atoms with van der Waals surface area (Å²) in [5, 5.41) is 4.57. The smallest absolute Gasteiger partial charge is 0.307 e. The second kappa shape index (κ2) is 11.1. The first kappa shape index (κ1) is 23.0. The Bertz CT molecular complexity index is 1030. The van der Waals surface area contributed by atoms with Crippen LogP contribution in [0.3, 0.4) is 0 Å². The van der Waals surface area contributed by atoms with E-state index in [9.17, 15) is 9.59 Å². The number of aryl methyl sites for hydroxylation is 1. The van der Waals surface area contributed by atoms with Crippen molar-refractivity contribution >= 4 is 34.8 Å². The Labute approximate surface area is 191 Å². The molecule has 3 rings (SSSR count). The lowest BCUT2D eigenvalue weighted by Crippen LogP contribution is -2.38. The zero-order valence-corrected chi connectivity index (χ0v) is 19.1. The molecule has 0 saturated heterocycles. The van der Waals surface area contributed by atoms with E-state index in [1.54, 1.807) is 13.1 Å². The lowest BCUT2D eigenvalue weighted by molar-refractivity contribution is -0.143. The number of rotatable bonds is 9. The van der Waals surface area contributed by atoms with Gasteiger partial charge in [-0.25, -0.2) is 4.98 Å². The average Bonchev–Trinajstić information content (AvgIpc) is 3.24. The molecule has 1 amide bonds. The van der Waals surface area contributed by atoms with E-state index < -0.39 is 0 Å². The minimum atomic E-state index is -0.379. The summed E-state index contributed by atoms with van der Waals surface area (Å²) in [6.45, 7) is 4.07. The van der Waals surface area contributed by atoms with Crippen molar-refractivity contribution in [1.82, 2.24) is 10.3 Å². The van der Waals surface area contributed by atoms with Gasteiger partial charge in [0.25, 0.3) is 5.91 Å². The van der Waals surface area contributed by atoms with Crippen LogP contribution in [0.5, 0.6) is 0 Å². The number of thiazole rings is 1. The van der Waals surface area contributed by atoms with Crippen LogP contribution in [0, 0.1) is 0 Å². The van der Waals surface area contributed by atoms with E-state index in [-0.39, 0.29) is 24.3 Å². The molecular formula is C24H25ClN2O3S. The van der Waals surface area contributed by atoms with Crippen LogP contribution in [0.15, 0.2) is 54.7 Å². The molecule has 0 saturated carbocycles. The molecule has 0 spiro atoms. The third kappa shape index (κ3) is 6.64. The first-order valence-electron chi connectivity index (χ1n) is 10.2. The van der Waals surface area contributed by atoms with Crippen molar-refractivity contribution in [2.75, 3.05) is 6.61 Å². The van der Waals surface area contributed by atoms with Crippen molar-refractivity contribution in [2.24, 2.45) is 0 Å². The Balaban J connectivity index is 1.72. The molecule has 0 aliphatic carbocycles. The van der Waals surface area contributed by atoms with Gasteiger partial charge in [0.1, 0.15) is 4.88 Å². The predicted octanol–water partition coefficient (Wildman–Crippen LogP) is 5.32. The van der Waals surface area contributed by atoms with Gasteiger partial charge in [-0.15, -0.1) is 11.3 Å². The van der Waals surface area contributed by atoms with E-state index in [0.29, 0.717) is 22.9 Å². The predicted molar refractivity (Wildman–Crippen MR) is 125 cm³/mol. The number of hydrogen-bond donors (Lipinski definition) is 1. The van der Waals surface area contributed by atoms with Crippen molar-refractivity contribution in [3.63, 3.8) is 0 Å². The SMILES string of the molecule is CCOC(=O)CC(Cc1ccc(-c2cccc(Cl)c2)cc1)NC(=O)c1cnc(CC)s1. The zero-order valence-electron chi connectivity index (χ0n) is 17.6. The van der Waals surface area contributed by atoms with E-state index in [1.807, 2.05) is 55.5 Å². The quantitative estimate of drug-likeness (QED) is 0.442. The van der Waals surface area contributed by atoms with E-state index in [1.165, 1.54) is 11.3 Å². The van der Waals surface area contributed by atoms with Gasteiger partial charge in [-0.2, -0.15) is 0 Å². The standard InChI is InChI=1S/C24H25ClN2O3S/c1-3-22-26-15-21(31-22)24(29)27-20(14-23(28)30-4-2)12-16-8-10-17(11-9-16)18-6-5-7-19(25)13-18/h5-11,13,15,20H,3-4,12,14H2,1-2H3,(H,27,29). The maximum atomic E-state index is 12.7. The number of benzene rings is 2. The molecule has 2 aromatic carbocycles. The number of nitrogens with one attached hydrogen (secondary N) is 1. The number of esters is 1. The minimum absolute atomic E-state index is 0.106. The first-order valence-corrected chi connectivity index (χ1v) is 11.4. The maximum absolute atomic E-state index is 12.7. The number of aromatic nitrogens is 1. The lowest BCUT2D eigenvalue weighted by atomic mass is 9.99. The molecule has 0 aliphatic rings. The van der Waals surface area contributed by atoms with E-state index in [4.69, 9.17) is 16.3 Å². The molecule has 3 aromatic rings. The Hall–Kier alpha value is -2.70. The van der Waals surface area contributed by atoms with Crippen molar-refractivity contribution in [3.8, 4) is 11.1 Å². The van der Waals surface area contributed by atoms with Gasteiger partial charge in [-0.05, 0) is 48.6 Å². The lowest BCUT2D eigenvalue weighted by Gasteiger charge is -2.18. The van der Waals surface area contributed by atoms with Crippen LogP contribution in [0.25, 0.3) is 11.1 Å². The average molecular weight is 457 g/mol. The summed E-state index contributed by atoms with van der Waals surface area (Å²) in [6.07, 6.45) is 2.98. The Morgan fingerprint density at radius 1 is 1.13 bits per heavy atom. The van der Waals surface area contributed by atoms with Crippen molar-refractivity contribution in [1.29, 1.82) is 0 Å². The maximum Gasteiger partial charge on any atom is 0.307 e. The zero-order chi connectivity index (χ0) is 22.2. The molecule has 1 N–H and O–H groups in total. The normalized spacial score (nSPS) is 11.7. The molecule has 1 unspecified atom stereocenters. The van der Waals surface area contributed by atoms with Crippen LogP contribution in [-0.2, 0) is 22.4 Å². The van der Waals surface area contributed by atoms with Gasteiger partial charge in [0.05, 0.1) is 24.2 Å². The molecular weight excluding hydrogens is 432 g/mol. The molecule has 0 fully saturated rings. The molecule has 31 heavy (non-hydrogen) atoms. The highest BCUT2D eigenvalue weighted by atomic mass is 35.5. The molecule has 0 bridgehead atoms. The highest BCUT2D eigenvalue weighted by molar-refractivity contribution is 7.13. The first-order chi connectivity index (χ1) is 15.0. The van der Waals surface area contributed by atoms with Gasteiger partial charge in [-0.1, -0.05) is 54.9 Å². The van der Waals surface area contributed by atoms with Crippen LogP contribution in [0.4, 0.5) is 0 Å². The second-order valence-corrected chi connectivity index (χ2v) is 8.61. The summed E-state index contributed by atoms with van der Waals surface area (Å²) in [4.78, 5) is 29.5. The fourth-order valence-corrected chi connectivity index (χ4v) is 4.17. The highest BCUT2D eigenvalue weighted by Gasteiger charge is 2.20. The third-order valence-corrected chi connectivity index (χ3v) is 6.10. The Morgan fingerprint density at radius 3 is 2.55 bits per heavy atom. The van der Waals surface area contributed by atoms with Gasteiger partial charge >= 0.3 is 5.97 Å². The van der Waals surface area contributed by atoms with E-state index in [0.717, 1.165) is 28.1 Å². The number of carbonyl (C=O) groups excluding carboxylic acids is 2. The molecule has 5 nitrogen and oxygen atoms in total. The number of hydrogen-bond acceptors (Lipinski definition) is 5. The van der Waals surface area contributed by atoms with Crippen molar-refractivity contribution in [2.45, 2.75) is 39.2 Å². The molecule has 162 valence electrons. The fraction of sp³-hybridized carbons (Fsp3) is 0.292. The van der Waals surface area contributed by atoms with Crippen LogP contribution in [-0.4, -0.2) is 29.5 Å². The summed E-state index contributed by atoms with van der Waals surface area (Å²) in [7, 11) is 0. The largest absolute Gasteiger partial charge is 0.466 e. The van der Waals surface area contributed by atoms with Gasteiger partial charge in [-0.3, -0.25) is 9.59 Å². The van der Waals surface area contributed by atoms with Gasteiger partial charge < -0.3 is 10.1 Å². The summed E-state index contributed by atoms with van der Waals surface area (Å²) in [5.41, 5.74) is 3.10. The molecule has 1 atom stereocenters. The molecule has 0 aliphatic heterocycles. The van der Waals surface area contributed by atoms with Crippen LogP contribution >= 0.6 is 22.9 Å². The summed E-state index contributed by atoms with van der Waals surface area (Å²) in [5.74, 6) is -0.552. The number of nitrogens with zero attached hydrogens (tertiary/aromatic N) is 1. The molecule has 7 heteroatoms. The summed E-state index contributed by atoms with van der Waals surface area (Å²) in [6, 6.07) is 15.3.